The maximum absolute atomic E-state index is 8.45. The van der Waals surface area contributed by atoms with Gasteiger partial charge in [0, 0.05) is 6.61 Å². The first-order valence-corrected chi connectivity index (χ1v) is 4.16. The van der Waals surface area contributed by atoms with Crippen molar-refractivity contribution in [1.29, 1.82) is 0 Å². The van der Waals surface area contributed by atoms with Gasteiger partial charge < -0.3 is 5.11 Å². The Hall–Kier alpha value is -0.560. The van der Waals surface area contributed by atoms with Gasteiger partial charge in [-0.2, -0.15) is 0 Å². The first-order chi connectivity index (χ1) is 5.27. The van der Waals surface area contributed by atoms with E-state index >= 15 is 0 Å². The first kappa shape index (κ1) is 10.4. The smallest absolute Gasteiger partial charge is 0.0465 e. The van der Waals surface area contributed by atoms with Crippen molar-refractivity contribution < 1.29 is 5.11 Å². The van der Waals surface area contributed by atoms with Crippen LogP contribution < -0.4 is 0 Å². The van der Waals surface area contributed by atoms with Gasteiger partial charge in [-0.05, 0) is 33.1 Å². The Kier molecular flexibility index (Phi) is 7.16. The van der Waals surface area contributed by atoms with Gasteiger partial charge in [-0.3, -0.25) is 0 Å². The summed E-state index contributed by atoms with van der Waals surface area (Å²) < 4.78 is 0. The van der Waals surface area contributed by atoms with Gasteiger partial charge in [-0.25, -0.2) is 0 Å². The topological polar surface area (TPSA) is 20.2 Å². The highest BCUT2D eigenvalue weighted by molar-refractivity contribution is 4.94. The fraction of sp³-hybridized carbons (Fsp3) is 0.600. The van der Waals surface area contributed by atoms with Crippen molar-refractivity contribution in [2.24, 2.45) is 0 Å². The zero-order chi connectivity index (χ0) is 8.53. The van der Waals surface area contributed by atoms with E-state index in [4.69, 9.17) is 5.11 Å². The molecule has 1 nitrogen and oxygen atoms in total. The van der Waals surface area contributed by atoms with E-state index in [1.165, 1.54) is 5.57 Å². The molecule has 0 aromatic heterocycles. The van der Waals surface area contributed by atoms with Crippen molar-refractivity contribution >= 4 is 0 Å². The van der Waals surface area contributed by atoms with Crippen molar-refractivity contribution in [1.82, 2.24) is 0 Å². The van der Waals surface area contributed by atoms with Gasteiger partial charge in [0.15, 0.2) is 0 Å². The number of allylic oxidation sites excluding steroid dienone is 3. The summed E-state index contributed by atoms with van der Waals surface area (Å²) in [6.45, 7) is 4.48. The second-order valence-electron chi connectivity index (χ2n) is 2.84. The molecule has 0 heterocycles. The van der Waals surface area contributed by atoms with Gasteiger partial charge >= 0.3 is 0 Å². The molecule has 1 N–H and O–H groups in total. The summed E-state index contributed by atoms with van der Waals surface area (Å²) in [6, 6.07) is 0. The van der Waals surface area contributed by atoms with Crippen molar-refractivity contribution in [2.75, 3.05) is 6.61 Å². The second kappa shape index (κ2) is 7.55. The van der Waals surface area contributed by atoms with Crippen LogP contribution in [0.3, 0.4) is 0 Å². The van der Waals surface area contributed by atoms with Crippen LogP contribution in [-0.4, -0.2) is 11.7 Å². The molecule has 0 saturated carbocycles. The Balaban J connectivity index is 3.20. The molecule has 0 atom stereocenters. The Labute approximate surface area is 69.4 Å². The van der Waals surface area contributed by atoms with Crippen LogP contribution >= 0.6 is 0 Å². The molecule has 0 aliphatic carbocycles. The summed E-state index contributed by atoms with van der Waals surface area (Å²) in [4.78, 5) is 0. The molecule has 0 unspecified atom stereocenters. The minimum atomic E-state index is 0.263. The maximum atomic E-state index is 8.45. The number of rotatable bonds is 5. The minimum Gasteiger partial charge on any atom is -0.396 e. The molecule has 0 aliphatic rings. The molecule has 0 spiro atoms. The van der Waals surface area contributed by atoms with Crippen LogP contribution in [0.5, 0.6) is 0 Å². The summed E-state index contributed by atoms with van der Waals surface area (Å²) in [5, 5.41) is 8.45. The van der Waals surface area contributed by atoms with E-state index in [0.29, 0.717) is 0 Å². The normalized spacial score (nSPS) is 10.5. The van der Waals surface area contributed by atoms with Gasteiger partial charge in [0.25, 0.3) is 0 Å². The van der Waals surface area contributed by atoms with Crippen LogP contribution in [0.25, 0.3) is 0 Å². The third-order valence-electron chi connectivity index (χ3n) is 1.35. The summed E-state index contributed by atoms with van der Waals surface area (Å²) in [6.07, 6.45) is 9.36. The SMILES string of the molecule is CC(C)=CCCC=CCCO. The van der Waals surface area contributed by atoms with Crippen LogP contribution in [0.4, 0.5) is 0 Å². The van der Waals surface area contributed by atoms with Crippen molar-refractivity contribution in [3.05, 3.63) is 23.8 Å². The van der Waals surface area contributed by atoms with Crippen LogP contribution in [0.2, 0.25) is 0 Å². The van der Waals surface area contributed by atoms with Gasteiger partial charge in [0.2, 0.25) is 0 Å². The van der Waals surface area contributed by atoms with Crippen LogP contribution in [0.1, 0.15) is 33.1 Å². The molecule has 0 rings (SSSR count). The Morgan fingerprint density at radius 3 is 2.27 bits per heavy atom. The summed E-state index contributed by atoms with van der Waals surface area (Å²) >= 11 is 0. The quantitative estimate of drug-likeness (QED) is 0.477. The highest BCUT2D eigenvalue weighted by Crippen LogP contribution is 1.98. The summed E-state index contributed by atoms with van der Waals surface area (Å²) in [5.41, 5.74) is 1.38. The molecule has 0 saturated heterocycles. The van der Waals surface area contributed by atoms with E-state index in [1.807, 2.05) is 6.08 Å². The number of aliphatic hydroxyl groups excluding tert-OH is 1. The maximum Gasteiger partial charge on any atom is 0.0465 e. The molecular weight excluding hydrogens is 136 g/mol. The Morgan fingerprint density at radius 2 is 1.73 bits per heavy atom. The van der Waals surface area contributed by atoms with Gasteiger partial charge in [0.05, 0.1) is 0 Å². The van der Waals surface area contributed by atoms with E-state index in [9.17, 15) is 0 Å². The molecule has 11 heavy (non-hydrogen) atoms. The van der Waals surface area contributed by atoms with Crippen molar-refractivity contribution in [3.8, 4) is 0 Å². The monoisotopic (exact) mass is 154 g/mol. The molecule has 64 valence electrons. The number of hydrogen-bond donors (Lipinski definition) is 1. The van der Waals surface area contributed by atoms with E-state index in [1.54, 1.807) is 0 Å². The largest absolute Gasteiger partial charge is 0.396 e. The molecular formula is C10H18O. The number of aliphatic hydroxyl groups is 1. The third kappa shape index (κ3) is 9.44. The summed E-state index contributed by atoms with van der Waals surface area (Å²) in [7, 11) is 0. The molecule has 1 heteroatoms. The second-order valence-corrected chi connectivity index (χ2v) is 2.84. The molecule has 0 aliphatic heterocycles. The fourth-order valence-corrected chi connectivity index (χ4v) is 0.778. The Bertz CT molecular complexity index is 130. The molecule has 0 fully saturated rings. The van der Waals surface area contributed by atoms with E-state index in [0.717, 1.165) is 19.3 Å². The number of hydrogen-bond acceptors (Lipinski definition) is 1. The predicted molar refractivity (Wildman–Crippen MR) is 49.5 cm³/mol. The summed E-state index contributed by atoms with van der Waals surface area (Å²) in [5.74, 6) is 0. The molecule has 0 radical (unpaired) electrons. The highest BCUT2D eigenvalue weighted by atomic mass is 16.2. The van der Waals surface area contributed by atoms with Crippen LogP contribution in [0, 0.1) is 0 Å². The zero-order valence-electron chi connectivity index (χ0n) is 7.51. The number of unbranched alkanes of at least 4 members (excludes halogenated alkanes) is 1. The lowest BCUT2D eigenvalue weighted by Gasteiger charge is -1.89. The van der Waals surface area contributed by atoms with Gasteiger partial charge in [-0.1, -0.05) is 23.8 Å². The lowest BCUT2D eigenvalue weighted by molar-refractivity contribution is 0.302. The van der Waals surface area contributed by atoms with Crippen molar-refractivity contribution in [3.63, 3.8) is 0 Å². The van der Waals surface area contributed by atoms with E-state index < -0.39 is 0 Å². The fourth-order valence-electron chi connectivity index (χ4n) is 0.778. The van der Waals surface area contributed by atoms with Gasteiger partial charge in [-0.15, -0.1) is 0 Å². The molecule has 0 amide bonds. The van der Waals surface area contributed by atoms with Gasteiger partial charge in [0.1, 0.15) is 0 Å². The van der Waals surface area contributed by atoms with Crippen LogP contribution in [0.15, 0.2) is 23.8 Å². The highest BCUT2D eigenvalue weighted by Gasteiger charge is 1.78. The molecule has 0 aromatic carbocycles. The van der Waals surface area contributed by atoms with E-state index in [2.05, 4.69) is 26.0 Å². The minimum absolute atomic E-state index is 0.263. The lowest BCUT2D eigenvalue weighted by Crippen LogP contribution is -1.75. The van der Waals surface area contributed by atoms with Crippen molar-refractivity contribution in [2.45, 2.75) is 33.1 Å². The van der Waals surface area contributed by atoms with Crippen LogP contribution in [-0.2, 0) is 0 Å². The predicted octanol–water partition coefficient (Wildman–Crippen LogP) is 2.67. The molecule has 0 bridgehead atoms. The average molecular weight is 154 g/mol. The standard InChI is InChI=1S/C10H18O/c1-10(2)8-6-4-3-5-7-9-11/h3,5,8,11H,4,6-7,9H2,1-2H3. The third-order valence-corrected chi connectivity index (χ3v) is 1.35. The first-order valence-electron chi connectivity index (χ1n) is 4.16. The average Bonchev–Trinajstić information content (AvgIpc) is 1.96. The van der Waals surface area contributed by atoms with E-state index in [-0.39, 0.29) is 6.61 Å². The lowest BCUT2D eigenvalue weighted by atomic mass is 10.2. The molecule has 0 aromatic rings. The Morgan fingerprint density at radius 1 is 1.09 bits per heavy atom. The zero-order valence-corrected chi connectivity index (χ0v) is 7.51.